The largest absolute Gasteiger partial charge is 0.444 e. The van der Waals surface area contributed by atoms with Crippen LogP contribution >= 0.6 is 0 Å². The Hall–Kier alpha value is -0.770. The molecule has 0 aromatic rings. The normalized spacial score (nSPS) is 18.8. The summed E-state index contributed by atoms with van der Waals surface area (Å²) in [5, 5.41) is 6.23. The summed E-state index contributed by atoms with van der Waals surface area (Å²) in [5.41, 5.74) is -0.425. The van der Waals surface area contributed by atoms with E-state index in [2.05, 4.69) is 10.6 Å². The zero-order valence-electron chi connectivity index (χ0n) is 10.8. The Morgan fingerprint density at radius 2 is 2.06 bits per heavy atom. The van der Waals surface area contributed by atoms with Crippen LogP contribution in [0.2, 0.25) is 0 Å². The average Bonchev–Trinajstić information content (AvgIpc) is 1.96. The lowest BCUT2D eigenvalue weighted by molar-refractivity contribution is 0.0507. The highest BCUT2D eigenvalue weighted by Gasteiger charge is 2.20. The average molecular weight is 228 g/mol. The molecular weight excluding hydrogens is 204 g/mol. The second-order valence-electron chi connectivity index (χ2n) is 5.58. The van der Waals surface area contributed by atoms with E-state index < -0.39 is 5.60 Å². The van der Waals surface area contributed by atoms with Crippen molar-refractivity contribution < 1.29 is 9.53 Å². The molecule has 0 saturated heterocycles. The van der Waals surface area contributed by atoms with Crippen molar-refractivity contribution in [2.24, 2.45) is 0 Å². The third-order valence-corrected chi connectivity index (χ3v) is 2.58. The molecule has 1 atom stereocenters. The van der Waals surface area contributed by atoms with Crippen LogP contribution in [0.5, 0.6) is 0 Å². The van der Waals surface area contributed by atoms with E-state index in [1.807, 2.05) is 27.7 Å². The van der Waals surface area contributed by atoms with Crippen molar-refractivity contribution in [3.63, 3.8) is 0 Å². The van der Waals surface area contributed by atoms with Gasteiger partial charge in [-0.05, 0) is 40.5 Å². The van der Waals surface area contributed by atoms with Crippen LogP contribution in [0.4, 0.5) is 4.79 Å². The molecule has 0 aromatic carbocycles. The van der Waals surface area contributed by atoms with Gasteiger partial charge in [0.1, 0.15) is 5.60 Å². The minimum Gasteiger partial charge on any atom is -0.444 e. The zero-order chi connectivity index (χ0) is 12.2. The molecule has 0 heterocycles. The van der Waals surface area contributed by atoms with Gasteiger partial charge in [-0.15, -0.1) is 0 Å². The fourth-order valence-electron chi connectivity index (χ4n) is 1.52. The van der Waals surface area contributed by atoms with Crippen LogP contribution < -0.4 is 10.6 Å². The number of amides is 1. The molecule has 4 heteroatoms. The van der Waals surface area contributed by atoms with Crippen LogP contribution in [-0.2, 0) is 4.74 Å². The Morgan fingerprint density at radius 3 is 2.50 bits per heavy atom. The summed E-state index contributed by atoms with van der Waals surface area (Å²) in [7, 11) is 0. The summed E-state index contributed by atoms with van der Waals surface area (Å²) >= 11 is 0. The number of ether oxygens (including phenoxy) is 1. The highest BCUT2D eigenvalue weighted by atomic mass is 16.6. The van der Waals surface area contributed by atoms with Gasteiger partial charge in [0.2, 0.25) is 0 Å². The molecule has 2 N–H and O–H groups in total. The Bertz CT molecular complexity index is 232. The van der Waals surface area contributed by atoms with E-state index in [0.717, 1.165) is 6.54 Å². The zero-order valence-corrected chi connectivity index (χ0v) is 10.8. The third kappa shape index (κ3) is 5.35. The van der Waals surface area contributed by atoms with E-state index in [4.69, 9.17) is 4.74 Å². The minimum absolute atomic E-state index is 0.107. The van der Waals surface area contributed by atoms with Gasteiger partial charge < -0.3 is 15.4 Å². The van der Waals surface area contributed by atoms with Gasteiger partial charge in [0.15, 0.2) is 0 Å². The van der Waals surface area contributed by atoms with Gasteiger partial charge in [0, 0.05) is 18.6 Å². The van der Waals surface area contributed by atoms with E-state index in [-0.39, 0.29) is 12.1 Å². The lowest BCUT2D eigenvalue weighted by atomic mass is 9.93. The number of hydrogen-bond acceptors (Lipinski definition) is 3. The summed E-state index contributed by atoms with van der Waals surface area (Å²) in [4.78, 5) is 11.4. The Labute approximate surface area is 98.1 Å². The summed E-state index contributed by atoms with van der Waals surface area (Å²) in [6, 6.07) is 0.762. The van der Waals surface area contributed by atoms with Crippen molar-refractivity contribution in [1.82, 2.24) is 10.6 Å². The van der Waals surface area contributed by atoms with Crippen molar-refractivity contribution in [2.75, 3.05) is 6.54 Å². The first kappa shape index (κ1) is 13.3. The fraction of sp³-hybridized carbons (Fsp3) is 0.917. The number of alkyl carbamates (subject to hydrolysis) is 1. The maximum atomic E-state index is 11.4. The number of rotatable bonds is 4. The molecule has 0 bridgehead atoms. The predicted octanol–water partition coefficient (Wildman–Crippen LogP) is 2.04. The maximum absolute atomic E-state index is 11.4. The van der Waals surface area contributed by atoms with E-state index in [1.54, 1.807) is 0 Å². The van der Waals surface area contributed by atoms with E-state index in [9.17, 15) is 4.79 Å². The highest BCUT2D eigenvalue weighted by Crippen LogP contribution is 2.17. The summed E-state index contributed by atoms with van der Waals surface area (Å²) < 4.78 is 5.18. The SMILES string of the molecule is CC(CNC1CCC1)NC(=O)OC(C)(C)C. The second kappa shape index (κ2) is 5.53. The molecule has 1 rings (SSSR count). The standard InChI is InChI=1S/C12H24N2O2/c1-9(8-13-10-6-5-7-10)14-11(15)16-12(2,3)4/h9-10,13H,5-8H2,1-4H3,(H,14,15). The second-order valence-corrected chi connectivity index (χ2v) is 5.58. The summed E-state index contributed by atoms with van der Waals surface area (Å²) in [6.45, 7) is 8.39. The smallest absolute Gasteiger partial charge is 0.407 e. The molecule has 0 radical (unpaired) electrons. The monoisotopic (exact) mass is 228 g/mol. The molecule has 0 spiro atoms. The van der Waals surface area contributed by atoms with Gasteiger partial charge in [-0.2, -0.15) is 0 Å². The van der Waals surface area contributed by atoms with Crippen LogP contribution in [0.15, 0.2) is 0 Å². The fourth-order valence-corrected chi connectivity index (χ4v) is 1.52. The third-order valence-electron chi connectivity index (χ3n) is 2.58. The van der Waals surface area contributed by atoms with Crippen molar-refractivity contribution in [2.45, 2.75) is 64.6 Å². The first-order valence-electron chi connectivity index (χ1n) is 6.10. The number of hydrogen-bond donors (Lipinski definition) is 2. The molecule has 0 aliphatic heterocycles. The first-order chi connectivity index (χ1) is 7.37. The Morgan fingerprint density at radius 1 is 1.44 bits per heavy atom. The lowest BCUT2D eigenvalue weighted by Gasteiger charge is -2.28. The van der Waals surface area contributed by atoms with Crippen molar-refractivity contribution in [3.05, 3.63) is 0 Å². The molecule has 1 amide bonds. The van der Waals surface area contributed by atoms with Gasteiger partial charge in [-0.25, -0.2) is 4.79 Å². The highest BCUT2D eigenvalue weighted by molar-refractivity contribution is 5.68. The van der Waals surface area contributed by atoms with Crippen molar-refractivity contribution >= 4 is 6.09 Å². The topological polar surface area (TPSA) is 50.4 Å². The van der Waals surface area contributed by atoms with Crippen LogP contribution in [0.3, 0.4) is 0 Å². The van der Waals surface area contributed by atoms with Gasteiger partial charge in [0.25, 0.3) is 0 Å². The first-order valence-corrected chi connectivity index (χ1v) is 6.10. The Balaban J connectivity index is 2.12. The molecular formula is C12H24N2O2. The predicted molar refractivity (Wildman–Crippen MR) is 64.5 cm³/mol. The molecule has 1 saturated carbocycles. The van der Waals surface area contributed by atoms with Gasteiger partial charge in [0.05, 0.1) is 0 Å². The number of carbonyl (C=O) groups is 1. The lowest BCUT2D eigenvalue weighted by Crippen LogP contribution is -2.46. The maximum Gasteiger partial charge on any atom is 0.407 e. The molecule has 1 unspecified atom stereocenters. The van der Waals surface area contributed by atoms with Gasteiger partial charge in [-0.1, -0.05) is 6.42 Å². The Kier molecular flexibility index (Phi) is 4.59. The van der Waals surface area contributed by atoms with E-state index >= 15 is 0 Å². The molecule has 4 nitrogen and oxygen atoms in total. The molecule has 94 valence electrons. The molecule has 1 aliphatic carbocycles. The summed E-state index contributed by atoms with van der Waals surface area (Å²) in [6.07, 6.45) is 3.51. The number of nitrogens with one attached hydrogen (secondary N) is 2. The quantitative estimate of drug-likeness (QED) is 0.774. The van der Waals surface area contributed by atoms with Crippen LogP contribution in [0.25, 0.3) is 0 Å². The van der Waals surface area contributed by atoms with Crippen molar-refractivity contribution in [1.29, 1.82) is 0 Å². The molecule has 1 fully saturated rings. The van der Waals surface area contributed by atoms with Crippen LogP contribution in [0, 0.1) is 0 Å². The molecule has 0 aromatic heterocycles. The molecule has 16 heavy (non-hydrogen) atoms. The van der Waals surface area contributed by atoms with Gasteiger partial charge >= 0.3 is 6.09 Å². The molecule has 1 aliphatic rings. The summed E-state index contributed by atoms with van der Waals surface area (Å²) in [5.74, 6) is 0. The van der Waals surface area contributed by atoms with E-state index in [0.29, 0.717) is 6.04 Å². The van der Waals surface area contributed by atoms with Gasteiger partial charge in [-0.3, -0.25) is 0 Å². The van der Waals surface area contributed by atoms with E-state index in [1.165, 1.54) is 19.3 Å². The van der Waals surface area contributed by atoms with Crippen LogP contribution in [-0.4, -0.2) is 30.3 Å². The number of carbonyl (C=O) groups excluding carboxylic acids is 1. The minimum atomic E-state index is -0.425. The van der Waals surface area contributed by atoms with Crippen molar-refractivity contribution in [3.8, 4) is 0 Å². The van der Waals surface area contributed by atoms with Crippen LogP contribution in [0.1, 0.15) is 47.0 Å².